The molecule has 26 heavy (non-hydrogen) atoms. The van der Waals surface area contributed by atoms with Gasteiger partial charge in [-0.3, -0.25) is 14.3 Å². The van der Waals surface area contributed by atoms with Crippen molar-refractivity contribution in [3.8, 4) is 0 Å². The second-order valence-corrected chi connectivity index (χ2v) is 6.65. The third kappa shape index (κ3) is 3.94. The highest BCUT2D eigenvalue weighted by Crippen LogP contribution is 2.15. The summed E-state index contributed by atoms with van der Waals surface area (Å²) in [6.45, 7) is 8.32. The van der Waals surface area contributed by atoms with E-state index in [1.54, 1.807) is 35.2 Å². The first-order valence-corrected chi connectivity index (χ1v) is 8.80. The van der Waals surface area contributed by atoms with Crippen molar-refractivity contribution >= 4 is 17.5 Å². The molecule has 0 aliphatic carbocycles. The highest BCUT2D eigenvalue weighted by atomic mass is 16.5. The normalized spacial score (nSPS) is 14.5. The molecule has 138 valence electrons. The van der Waals surface area contributed by atoms with Crippen LogP contribution >= 0.6 is 0 Å². The number of hydrogen-bond donors (Lipinski definition) is 1. The summed E-state index contributed by atoms with van der Waals surface area (Å²) in [7, 11) is 0. The number of rotatable bonds is 4. The van der Waals surface area contributed by atoms with Gasteiger partial charge in [-0.2, -0.15) is 5.10 Å². The Labute approximate surface area is 152 Å². The average Bonchev–Trinajstić information content (AvgIpc) is 3.05. The van der Waals surface area contributed by atoms with Crippen LogP contribution in [-0.2, 0) is 4.74 Å². The van der Waals surface area contributed by atoms with Crippen molar-refractivity contribution in [2.24, 2.45) is 0 Å². The maximum absolute atomic E-state index is 12.4. The molecule has 2 heterocycles. The molecule has 0 unspecified atom stereocenters. The number of carbonyl (C=O) groups is 2. The van der Waals surface area contributed by atoms with Gasteiger partial charge in [-0.25, -0.2) is 0 Å². The first kappa shape index (κ1) is 18.1. The van der Waals surface area contributed by atoms with Gasteiger partial charge in [0, 0.05) is 36.1 Å². The number of nitrogens with one attached hydrogen (secondary N) is 1. The molecule has 0 atom stereocenters. The third-order valence-corrected chi connectivity index (χ3v) is 4.33. The largest absolute Gasteiger partial charge is 0.378 e. The van der Waals surface area contributed by atoms with Crippen LogP contribution in [0.15, 0.2) is 30.3 Å². The third-order valence-electron chi connectivity index (χ3n) is 4.33. The van der Waals surface area contributed by atoms with E-state index < -0.39 is 0 Å². The number of morpholine rings is 1. The summed E-state index contributed by atoms with van der Waals surface area (Å²) in [6.07, 6.45) is 0. The number of amides is 2. The summed E-state index contributed by atoms with van der Waals surface area (Å²) < 4.78 is 7.08. The summed E-state index contributed by atoms with van der Waals surface area (Å²) in [5.74, 6) is -0.280. The van der Waals surface area contributed by atoms with Crippen LogP contribution in [0.3, 0.4) is 0 Å². The van der Waals surface area contributed by atoms with Gasteiger partial charge in [0.1, 0.15) is 0 Å². The zero-order valence-electron chi connectivity index (χ0n) is 15.4. The molecule has 1 aliphatic rings. The van der Waals surface area contributed by atoms with E-state index in [1.165, 1.54) is 0 Å². The lowest BCUT2D eigenvalue weighted by molar-refractivity contribution is 0.0303. The van der Waals surface area contributed by atoms with Crippen molar-refractivity contribution in [2.45, 2.75) is 26.8 Å². The molecule has 1 N–H and O–H groups in total. The second kappa shape index (κ2) is 7.70. The molecule has 0 radical (unpaired) electrons. The summed E-state index contributed by atoms with van der Waals surface area (Å²) in [5, 5.41) is 7.17. The Morgan fingerprint density at radius 1 is 1.15 bits per heavy atom. The smallest absolute Gasteiger partial charge is 0.276 e. The predicted octanol–water partition coefficient (Wildman–Crippen LogP) is 2.50. The van der Waals surface area contributed by atoms with E-state index in [0.717, 1.165) is 5.69 Å². The van der Waals surface area contributed by atoms with Gasteiger partial charge in [0.2, 0.25) is 0 Å². The van der Waals surface area contributed by atoms with Crippen LogP contribution in [0.5, 0.6) is 0 Å². The Bertz CT molecular complexity index is 790. The SMILES string of the molecule is Cc1cc(C(=O)Nc2ccc(C(=O)N3CCOCC3)cc2)nn1C(C)C. The molecule has 0 spiro atoms. The van der Waals surface area contributed by atoms with Crippen LogP contribution in [0, 0.1) is 6.92 Å². The van der Waals surface area contributed by atoms with E-state index in [-0.39, 0.29) is 17.9 Å². The first-order chi connectivity index (χ1) is 12.5. The number of ether oxygens (including phenoxy) is 1. The molecule has 7 nitrogen and oxygen atoms in total. The topological polar surface area (TPSA) is 76.5 Å². The van der Waals surface area contributed by atoms with Crippen LogP contribution in [0.4, 0.5) is 5.69 Å². The Balaban J connectivity index is 1.66. The van der Waals surface area contributed by atoms with E-state index in [9.17, 15) is 9.59 Å². The maximum Gasteiger partial charge on any atom is 0.276 e. The zero-order chi connectivity index (χ0) is 18.7. The Hall–Kier alpha value is -2.67. The van der Waals surface area contributed by atoms with Crippen molar-refractivity contribution in [3.63, 3.8) is 0 Å². The molecule has 1 aromatic heterocycles. The molecule has 2 aromatic rings. The van der Waals surface area contributed by atoms with Gasteiger partial charge in [-0.1, -0.05) is 0 Å². The van der Waals surface area contributed by atoms with Crippen LogP contribution in [0.2, 0.25) is 0 Å². The number of nitrogens with zero attached hydrogens (tertiary/aromatic N) is 3. The molecule has 3 rings (SSSR count). The van der Waals surface area contributed by atoms with Crippen molar-refractivity contribution in [3.05, 3.63) is 47.3 Å². The lowest BCUT2D eigenvalue weighted by Gasteiger charge is -2.26. The summed E-state index contributed by atoms with van der Waals surface area (Å²) in [6, 6.07) is 8.89. The first-order valence-electron chi connectivity index (χ1n) is 8.80. The van der Waals surface area contributed by atoms with Crippen LogP contribution < -0.4 is 5.32 Å². The number of benzene rings is 1. The minimum atomic E-state index is -0.264. The summed E-state index contributed by atoms with van der Waals surface area (Å²) in [5.41, 5.74) is 2.55. The Morgan fingerprint density at radius 3 is 2.38 bits per heavy atom. The lowest BCUT2D eigenvalue weighted by atomic mass is 10.1. The number of anilines is 1. The molecule has 0 saturated carbocycles. The minimum Gasteiger partial charge on any atom is -0.378 e. The summed E-state index contributed by atoms with van der Waals surface area (Å²) in [4.78, 5) is 26.6. The highest BCUT2D eigenvalue weighted by molar-refractivity contribution is 6.03. The monoisotopic (exact) mass is 356 g/mol. The molecule has 1 aliphatic heterocycles. The second-order valence-electron chi connectivity index (χ2n) is 6.65. The molecule has 1 fully saturated rings. The molecule has 7 heteroatoms. The lowest BCUT2D eigenvalue weighted by Crippen LogP contribution is -2.40. The predicted molar refractivity (Wildman–Crippen MR) is 98.5 cm³/mol. The fourth-order valence-corrected chi connectivity index (χ4v) is 2.96. The van der Waals surface area contributed by atoms with Crippen LogP contribution in [0.1, 0.15) is 46.4 Å². The van der Waals surface area contributed by atoms with E-state index in [0.29, 0.717) is 43.2 Å². The van der Waals surface area contributed by atoms with Gasteiger partial charge in [0.15, 0.2) is 5.69 Å². The van der Waals surface area contributed by atoms with Gasteiger partial charge >= 0.3 is 0 Å². The van der Waals surface area contributed by atoms with Crippen LogP contribution in [0.25, 0.3) is 0 Å². The quantitative estimate of drug-likeness (QED) is 0.913. The van der Waals surface area contributed by atoms with Gasteiger partial charge < -0.3 is 15.0 Å². The fraction of sp³-hybridized carbons (Fsp3) is 0.421. The van der Waals surface area contributed by atoms with Crippen molar-refractivity contribution in [1.29, 1.82) is 0 Å². The Kier molecular flexibility index (Phi) is 5.37. The van der Waals surface area contributed by atoms with E-state index >= 15 is 0 Å². The maximum atomic E-state index is 12.4. The number of aryl methyl sites for hydroxylation is 1. The Morgan fingerprint density at radius 2 is 1.81 bits per heavy atom. The molecule has 2 amide bonds. The highest BCUT2D eigenvalue weighted by Gasteiger charge is 2.19. The fourth-order valence-electron chi connectivity index (χ4n) is 2.96. The number of hydrogen-bond acceptors (Lipinski definition) is 4. The molecule has 1 aromatic carbocycles. The van der Waals surface area contributed by atoms with E-state index in [2.05, 4.69) is 10.4 Å². The molecule has 1 saturated heterocycles. The van der Waals surface area contributed by atoms with Gasteiger partial charge in [-0.15, -0.1) is 0 Å². The van der Waals surface area contributed by atoms with Crippen molar-refractivity contribution in [1.82, 2.24) is 14.7 Å². The van der Waals surface area contributed by atoms with Gasteiger partial charge in [-0.05, 0) is 51.1 Å². The minimum absolute atomic E-state index is 0.0162. The van der Waals surface area contributed by atoms with Crippen molar-refractivity contribution < 1.29 is 14.3 Å². The van der Waals surface area contributed by atoms with Gasteiger partial charge in [0.05, 0.1) is 13.2 Å². The zero-order valence-corrected chi connectivity index (χ0v) is 15.4. The number of aromatic nitrogens is 2. The van der Waals surface area contributed by atoms with E-state index in [4.69, 9.17) is 4.74 Å². The standard InChI is InChI=1S/C19H24N4O3/c1-13(2)23-14(3)12-17(21-23)18(24)20-16-6-4-15(5-7-16)19(25)22-8-10-26-11-9-22/h4-7,12-13H,8-11H2,1-3H3,(H,20,24). The molecular weight excluding hydrogens is 332 g/mol. The summed E-state index contributed by atoms with van der Waals surface area (Å²) >= 11 is 0. The average molecular weight is 356 g/mol. The van der Waals surface area contributed by atoms with Crippen molar-refractivity contribution in [2.75, 3.05) is 31.6 Å². The van der Waals surface area contributed by atoms with E-state index in [1.807, 2.05) is 25.5 Å². The van der Waals surface area contributed by atoms with Crippen LogP contribution in [-0.4, -0.2) is 52.8 Å². The number of carbonyl (C=O) groups excluding carboxylic acids is 2. The molecular formula is C19H24N4O3. The van der Waals surface area contributed by atoms with Gasteiger partial charge in [0.25, 0.3) is 11.8 Å². The molecule has 0 bridgehead atoms.